The number of thioether (sulfide) groups is 1. The Labute approximate surface area is 76.2 Å². The second kappa shape index (κ2) is 4.16. The summed E-state index contributed by atoms with van der Waals surface area (Å²) in [6, 6.07) is 7.06. The largest absolute Gasteiger partial charge is 0.399 e. The highest BCUT2D eigenvalue weighted by Crippen LogP contribution is 2.09. The molecule has 0 fully saturated rings. The Balaban J connectivity index is 2.81. The highest BCUT2D eigenvalue weighted by atomic mass is 32.2. The van der Waals surface area contributed by atoms with E-state index in [1.54, 1.807) is 24.3 Å². The quantitative estimate of drug-likeness (QED) is 0.571. The number of nitrogen functional groups attached to an aromatic ring is 1. The number of hydrogen-bond acceptors (Lipinski definition) is 3. The SMILES string of the molecule is CSCC(=O)c1cccc(N)c1. The predicted molar refractivity (Wildman–Crippen MR) is 53.6 cm³/mol. The Bertz CT molecular complexity index is 286. The molecule has 0 aliphatic heterocycles. The fourth-order valence-corrected chi connectivity index (χ4v) is 1.36. The van der Waals surface area contributed by atoms with Crippen LogP contribution in [0.4, 0.5) is 5.69 Å². The lowest BCUT2D eigenvalue weighted by Crippen LogP contribution is -2.02. The molecule has 1 aromatic carbocycles. The van der Waals surface area contributed by atoms with Gasteiger partial charge in [-0.15, -0.1) is 0 Å². The van der Waals surface area contributed by atoms with Crippen LogP contribution in [0.3, 0.4) is 0 Å². The number of ketones is 1. The summed E-state index contributed by atoms with van der Waals surface area (Å²) >= 11 is 1.52. The first kappa shape index (κ1) is 9.13. The number of carbonyl (C=O) groups is 1. The summed E-state index contributed by atoms with van der Waals surface area (Å²) in [5.74, 6) is 0.651. The number of anilines is 1. The van der Waals surface area contributed by atoms with Gasteiger partial charge >= 0.3 is 0 Å². The van der Waals surface area contributed by atoms with Gasteiger partial charge in [-0.1, -0.05) is 12.1 Å². The minimum absolute atomic E-state index is 0.134. The molecule has 0 saturated heterocycles. The molecule has 0 unspecified atom stereocenters. The van der Waals surface area contributed by atoms with Crippen molar-refractivity contribution >= 4 is 23.2 Å². The highest BCUT2D eigenvalue weighted by molar-refractivity contribution is 7.99. The fraction of sp³-hybridized carbons (Fsp3) is 0.222. The van der Waals surface area contributed by atoms with E-state index in [2.05, 4.69) is 0 Å². The molecule has 2 N–H and O–H groups in total. The average molecular weight is 181 g/mol. The van der Waals surface area contributed by atoms with E-state index in [0.29, 0.717) is 17.0 Å². The zero-order valence-corrected chi connectivity index (χ0v) is 7.73. The first-order valence-electron chi connectivity index (χ1n) is 3.61. The molecule has 0 atom stereocenters. The van der Waals surface area contributed by atoms with Gasteiger partial charge in [0.15, 0.2) is 5.78 Å². The summed E-state index contributed by atoms with van der Waals surface area (Å²) < 4.78 is 0. The van der Waals surface area contributed by atoms with Crippen LogP contribution in [0, 0.1) is 0 Å². The maximum atomic E-state index is 11.3. The maximum absolute atomic E-state index is 11.3. The third kappa shape index (κ3) is 2.27. The van der Waals surface area contributed by atoms with Gasteiger partial charge in [0.05, 0.1) is 5.75 Å². The standard InChI is InChI=1S/C9H11NOS/c1-12-6-9(11)7-3-2-4-8(10)5-7/h2-5H,6,10H2,1H3. The zero-order valence-electron chi connectivity index (χ0n) is 6.91. The molecule has 12 heavy (non-hydrogen) atoms. The van der Waals surface area contributed by atoms with Gasteiger partial charge in [0, 0.05) is 11.3 Å². The summed E-state index contributed by atoms with van der Waals surface area (Å²) in [5, 5.41) is 0. The van der Waals surface area contributed by atoms with Crippen molar-refractivity contribution in [2.24, 2.45) is 0 Å². The molecule has 0 aliphatic rings. The number of hydrogen-bond donors (Lipinski definition) is 1. The number of carbonyl (C=O) groups excluding carboxylic acids is 1. The smallest absolute Gasteiger partial charge is 0.172 e. The lowest BCUT2D eigenvalue weighted by atomic mass is 10.1. The predicted octanol–water partition coefficient (Wildman–Crippen LogP) is 1.81. The van der Waals surface area contributed by atoms with Crippen LogP contribution in [0.15, 0.2) is 24.3 Å². The van der Waals surface area contributed by atoms with Crippen molar-refractivity contribution < 1.29 is 4.79 Å². The third-order valence-electron chi connectivity index (χ3n) is 1.48. The molecule has 2 nitrogen and oxygen atoms in total. The maximum Gasteiger partial charge on any atom is 0.172 e. The number of Topliss-reactive ketones (excluding diaryl/α,β-unsaturated/α-hetero) is 1. The topological polar surface area (TPSA) is 43.1 Å². The van der Waals surface area contributed by atoms with Gasteiger partial charge in [-0.2, -0.15) is 11.8 Å². The molecule has 1 aromatic rings. The van der Waals surface area contributed by atoms with Gasteiger partial charge in [0.25, 0.3) is 0 Å². The minimum Gasteiger partial charge on any atom is -0.399 e. The molecule has 3 heteroatoms. The van der Waals surface area contributed by atoms with Crippen LogP contribution in [0.1, 0.15) is 10.4 Å². The van der Waals surface area contributed by atoms with Gasteiger partial charge < -0.3 is 5.73 Å². The minimum atomic E-state index is 0.134. The lowest BCUT2D eigenvalue weighted by molar-refractivity contribution is 0.102. The average Bonchev–Trinajstić information content (AvgIpc) is 2.05. The van der Waals surface area contributed by atoms with Crippen molar-refractivity contribution in [1.82, 2.24) is 0 Å². The first-order chi connectivity index (χ1) is 5.74. The summed E-state index contributed by atoms with van der Waals surface area (Å²) in [4.78, 5) is 11.3. The number of nitrogens with two attached hydrogens (primary N) is 1. The molecular formula is C9H11NOS. The molecular weight excluding hydrogens is 170 g/mol. The van der Waals surface area contributed by atoms with Crippen LogP contribution in [0.2, 0.25) is 0 Å². The fourth-order valence-electron chi connectivity index (χ4n) is 0.927. The Hall–Kier alpha value is -0.960. The second-order valence-corrected chi connectivity index (χ2v) is 3.35. The van der Waals surface area contributed by atoms with E-state index in [1.165, 1.54) is 11.8 Å². The van der Waals surface area contributed by atoms with Gasteiger partial charge in [-0.3, -0.25) is 4.79 Å². The van der Waals surface area contributed by atoms with Crippen LogP contribution in [-0.2, 0) is 0 Å². The monoisotopic (exact) mass is 181 g/mol. The zero-order chi connectivity index (χ0) is 8.97. The molecule has 0 aromatic heterocycles. The van der Waals surface area contributed by atoms with Crippen LogP contribution in [0.5, 0.6) is 0 Å². The van der Waals surface area contributed by atoms with E-state index < -0.39 is 0 Å². The molecule has 0 heterocycles. The molecule has 0 spiro atoms. The van der Waals surface area contributed by atoms with E-state index in [0.717, 1.165) is 0 Å². The molecule has 0 amide bonds. The van der Waals surface area contributed by atoms with E-state index in [9.17, 15) is 4.79 Å². The third-order valence-corrected chi connectivity index (χ3v) is 2.03. The second-order valence-electron chi connectivity index (χ2n) is 2.48. The van der Waals surface area contributed by atoms with Gasteiger partial charge in [-0.25, -0.2) is 0 Å². The van der Waals surface area contributed by atoms with Gasteiger partial charge in [-0.05, 0) is 18.4 Å². The number of benzene rings is 1. The Morgan fingerprint density at radius 1 is 1.58 bits per heavy atom. The van der Waals surface area contributed by atoms with Crippen LogP contribution < -0.4 is 5.73 Å². The number of rotatable bonds is 3. The Morgan fingerprint density at radius 2 is 2.33 bits per heavy atom. The van der Waals surface area contributed by atoms with Crippen molar-refractivity contribution in [2.75, 3.05) is 17.7 Å². The van der Waals surface area contributed by atoms with Crippen LogP contribution in [-0.4, -0.2) is 17.8 Å². The normalized spacial score (nSPS) is 9.75. The highest BCUT2D eigenvalue weighted by Gasteiger charge is 2.03. The van der Waals surface area contributed by atoms with E-state index in [-0.39, 0.29) is 5.78 Å². The lowest BCUT2D eigenvalue weighted by Gasteiger charge is -1.99. The Morgan fingerprint density at radius 3 is 2.92 bits per heavy atom. The summed E-state index contributed by atoms with van der Waals surface area (Å²) in [5.41, 5.74) is 6.87. The molecule has 64 valence electrons. The van der Waals surface area contributed by atoms with Crippen molar-refractivity contribution in [3.8, 4) is 0 Å². The van der Waals surface area contributed by atoms with Crippen molar-refractivity contribution in [3.05, 3.63) is 29.8 Å². The van der Waals surface area contributed by atoms with E-state index >= 15 is 0 Å². The summed E-state index contributed by atoms with van der Waals surface area (Å²) in [6.45, 7) is 0. The van der Waals surface area contributed by atoms with Crippen LogP contribution >= 0.6 is 11.8 Å². The van der Waals surface area contributed by atoms with E-state index in [1.807, 2.05) is 6.26 Å². The molecule has 0 bridgehead atoms. The van der Waals surface area contributed by atoms with Crippen molar-refractivity contribution in [2.45, 2.75) is 0 Å². The van der Waals surface area contributed by atoms with Crippen molar-refractivity contribution in [3.63, 3.8) is 0 Å². The van der Waals surface area contributed by atoms with Gasteiger partial charge in [0.2, 0.25) is 0 Å². The van der Waals surface area contributed by atoms with Gasteiger partial charge in [0.1, 0.15) is 0 Å². The van der Waals surface area contributed by atoms with E-state index in [4.69, 9.17) is 5.73 Å². The molecule has 0 aliphatic carbocycles. The summed E-state index contributed by atoms with van der Waals surface area (Å²) in [6.07, 6.45) is 1.91. The van der Waals surface area contributed by atoms with Crippen LogP contribution in [0.25, 0.3) is 0 Å². The molecule has 0 radical (unpaired) electrons. The summed E-state index contributed by atoms with van der Waals surface area (Å²) in [7, 11) is 0. The molecule has 0 saturated carbocycles. The molecule has 1 rings (SSSR count). The Kier molecular flexibility index (Phi) is 3.17. The van der Waals surface area contributed by atoms with Crippen molar-refractivity contribution in [1.29, 1.82) is 0 Å². The first-order valence-corrected chi connectivity index (χ1v) is 5.01.